The normalized spacial score (nSPS) is 44.3. The summed E-state index contributed by atoms with van der Waals surface area (Å²) in [5.74, 6) is 1.80. The molecule has 2 N–H and O–H groups in total. The Balaban J connectivity index is 1.59. The largest absolute Gasteiger partial charge is 0.393 e. The summed E-state index contributed by atoms with van der Waals surface area (Å²) in [5, 5.41) is 12.7. The molecule has 13 heavy (non-hydrogen) atoms. The second-order valence-electron chi connectivity index (χ2n) is 5.16. The maximum atomic E-state index is 9.12. The van der Waals surface area contributed by atoms with Gasteiger partial charge in [0.25, 0.3) is 0 Å². The predicted octanol–water partition coefficient (Wildman–Crippen LogP) is 1.53. The third-order valence-electron chi connectivity index (χ3n) is 3.70. The van der Waals surface area contributed by atoms with Gasteiger partial charge in [-0.15, -0.1) is 0 Å². The van der Waals surface area contributed by atoms with Crippen LogP contribution in [-0.4, -0.2) is 23.3 Å². The van der Waals surface area contributed by atoms with Gasteiger partial charge in [-0.3, -0.25) is 0 Å². The average molecular weight is 183 g/mol. The fraction of sp³-hybridized carbons (Fsp3) is 1.00. The smallest absolute Gasteiger partial charge is 0.0570 e. The van der Waals surface area contributed by atoms with Crippen LogP contribution in [0.3, 0.4) is 0 Å². The summed E-state index contributed by atoms with van der Waals surface area (Å²) in [6.45, 7) is 4.63. The van der Waals surface area contributed by atoms with Gasteiger partial charge in [0.2, 0.25) is 0 Å². The van der Waals surface area contributed by atoms with Crippen molar-refractivity contribution in [1.82, 2.24) is 5.32 Å². The predicted molar refractivity (Wildman–Crippen MR) is 53.5 cm³/mol. The van der Waals surface area contributed by atoms with Gasteiger partial charge < -0.3 is 10.4 Å². The number of rotatable bonds is 3. The van der Waals surface area contributed by atoms with Crippen LogP contribution in [0.2, 0.25) is 0 Å². The van der Waals surface area contributed by atoms with Crippen LogP contribution in [0.15, 0.2) is 0 Å². The summed E-state index contributed by atoms with van der Waals surface area (Å²) in [7, 11) is 0. The lowest BCUT2D eigenvalue weighted by Gasteiger charge is -2.43. The fourth-order valence-corrected chi connectivity index (χ4v) is 2.40. The zero-order chi connectivity index (χ0) is 9.42. The minimum absolute atomic E-state index is 0.0153. The average Bonchev–Trinajstić information content (AvgIpc) is 1.90. The summed E-state index contributed by atoms with van der Waals surface area (Å²) in [6.07, 6.45) is 4.64. The van der Waals surface area contributed by atoms with Crippen LogP contribution < -0.4 is 5.32 Å². The molecule has 0 spiro atoms. The van der Waals surface area contributed by atoms with Crippen molar-refractivity contribution in [2.75, 3.05) is 0 Å². The molecule has 2 aliphatic rings. The zero-order valence-corrected chi connectivity index (χ0v) is 8.66. The van der Waals surface area contributed by atoms with Crippen molar-refractivity contribution in [3.63, 3.8) is 0 Å². The highest BCUT2D eigenvalue weighted by Crippen LogP contribution is 2.35. The van der Waals surface area contributed by atoms with Crippen molar-refractivity contribution in [2.24, 2.45) is 11.8 Å². The van der Waals surface area contributed by atoms with E-state index in [2.05, 4.69) is 19.2 Å². The first-order valence-corrected chi connectivity index (χ1v) is 5.59. The topological polar surface area (TPSA) is 32.3 Å². The molecule has 0 aromatic heterocycles. The van der Waals surface area contributed by atoms with Gasteiger partial charge in [-0.2, -0.15) is 0 Å². The van der Waals surface area contributed by atoms with Crippen molar-refractivity contribution in [2.45, 2.75) is 57.7 Å². The molecule has 76 valence electrons. The van der Waals surface area contributed by atoms with E-state index in [0.29, 0.717) is 6.04 Å². The molecule has 2 heteroatoms. The number of nitrogens with one attached hydrogen (secondary N) is 1. The third kappa shape index (κ3) is 2.05. The molecule has 0 bridgehead atoms. The highest BCUT2D eigenvalue weighted by molar-refractivity contribution is 4.93. The van der Waals surface area contributed by atoms with E-state index < -0.39 is 0 Å². The van der Waals surface area contributed by atoms with E-state index >= 15 is 0 Å². The van der Waals surface area contributed by atoms with E-state index in [1.54, 1.807) is 0 Å². The number of hydrogen-bond donors (Lipinski definition) is 2. The van der Waals surface area contributed by atoms with Crippen molar-refractivity contribution in [1.29, 1.82) is 0 Å². The van der Waals surface area contributed by atoms with Crippen LogP contribution in [0, 0.1) is 11.8 Å². The second-order valence-corrected chi connectivity index (χ2v) is 5.16. The summed E-state index contributed by atoms with van der Waals surface area (Å²) < 4.78 is 0. The van der Waals surface area contributed by atoms with E-state index in [9.17, 15) is 0 Å². The van der Waals surface area contributed by atoms with Crippen LogP contribution in [0.4, 0.5) is 0 Å². The SMILES string of the molecule is CC(C)C1CC(NC2CC(O)C2)C1. The molecule has 2 saturated carbocycles. The van der Waals surface area contributed by atoms with Crippen LogP contribution in [0.1, 0.15) is 39.5 Å². The molecule has 0 radical (unpaired) electrons. The van der Waals surface area contributed by atoms with E-state index in [4.69, 9.17) is 5.11 Å². The van der Waals surface area contributed by atoms with Crippen LogP contribution in [0.25, 0.3) is 0 Å². The van der Waals surface area contributed by atoms with Gasteiger partial charge in [0.1, 0.15) is 0 Å². The molecule has 2 rings (SSSR count). The molecule has 0 atom stereocenters. The summed E-state index contributed by atoms with van der Waals surface area (Å²) in [4.78, 5) is 0. The summed E-state index contributed by atoms with van der Waals surface area (Å²) in [5.41, 5.74) is 0. The van der Waals surface area contributed by atoms with Crippen molar-refractivity contribution in [3.8, 4) is 0 Å². The molecule has 2 nitrogen and oxygen atoms in total. The van der Waals surface area contributed by atoms with Crippen LogP contribution in [0.5, 0.6) is 0 Å². The molecule has 0 heterocycles. The van der Waals surface area contributed by atoms with Gasteiger partial charge in [-0.05, 0) is 37.5 Å². The molecule has 0 aromatic carbocycles. The Morgan fingerprint density at radius 1 is 1.08 bits per heavy atom. The Hall–Kier alpha value is -0.0800. The maximum Gasteiger partial charge on any atom is 0.0570 e. The molecule has 2 aliphatic carbocycles. The quantitative estimate of drug-likeness (QED) is 0.695. The molecule has 0 unspecified atom stereocenters. The molecule has 0 saturated heterocycles. The number of aliphatic hydroxyl groups excluding tert-OH is 1. The van der Waals surface area contributed by atoms with E-state index in [0.717, 1.165) is 30.7 Å². The summed E-state index contributed by atoms with van der Waals surface area (Å²) in [6, 6.07) is 1.37. The summed E-state index contributed by atoms with van der Waals surface area (Å²) >= 11 is 0. The highest BCUT2D eigenvalue weighted by atomic mass is 16.3. The van der Waals surface area contributed by atoms with Crippen molar-refractivity contribution >= 4 is 0 Å². The third-order valence-corrected chi connectivity index (χ3v) is 3.70. The lowest BCUT2D eigenvalue weighted by atomic mass is 9.72. The first-order chi connectivity index (χ1) is 6.15. The van der Waals surface area contributed by atoms with Gasteiger partial charge >= 0.3 is 0 Å². The molecule has 2 fully saturated rings. The minimum Gasteiger partial charge on any atom is -0.393 e. The first kappa shape index (κ1) is 9.47. The van der Waals surface area contributed by atoms with Crippen LogP contribution in [-0.2, 0) is 0 Å². The van der Waals surface area contributed by atoms with Crippen LogP contribution >= 0.6 is 0 Å². The maximum absolute atomic E-state index is 9.12. The highest BCUT2D eigenvalue weighted by Gasteiger charge is 2.35. The Morgan fingerprint density at radius 2 is 1.62 bits per heavy atom. The molecule has 0 amide bonds. The van der Waals surface area contributed by atoms with Gasteiger partial charge in [-0.25, -0.2) is 0 Å². The fourth-order valence-electron chi connectivity index (χ4n) is 2.40. The van der Waals surface area contributed by atoms with Gasteiger partial charge in [-0.1, -0.05) is 13.8 Å². The monoisotopic (exact) mass is 183 g/mol. The Bertz CT molecular complexity index is 169. The first-order valence-electron chi connectivity index (χ1n) is 5.59. The zero-order valence-electron chi connectivity index (χ0n) is 8.66. The Kier molecular flexibility index (Phi) is 2.61. The number of aliphatic hydroxyl groups is 1. The van der Waals surface area contributed by atoms with E-state index in [1.165, 1.54) is 12.8 Å². The van der Waals surface area contributed by atoms with Crippen molar-refractivity contribution in [3.05, 3.63) is 0 Å². The van der Waals surface area contributed by atoms with Gasteiger partial charge in [0.15, 0.2) is 0 Å². The molecule has 0 aromatic rings. The standard InChI is InChI=1S/C11H21NO/c1-7(2)8-3-9(4-8)12-10-5-11(13)6-10/h7-13H,3-6H2,1-2H3. The lowest BCUT2D eigenvalue weighted by molar-refractivity contribution is 0.0424. The van der Waals surface area contributed by atoms with Gasteiger partial charge in [0, 0.05) is 12.1 Å². The number of hydrogen-bond acceptors (Lipinski definition) is 2. The second kappa shape index (κ2) is 3.58. The van der Waals surface area contributed by atoms with Crippen molar-refractivity contribution < 1.29 is 5.11 Å². The Morgan fingerprint density at radius 3 is 2.08 bits per heavy atom. The molecular formula is C11H21NO. The minimum atomic E-state index is -0.0153. The Labute approximate surface area is 80.7 Å². The lowest BCUT2D eigenvalue weighted by Crippen LogP contribution is -2.53. The van der Waals surface area contributed by atoms with E-state index in [1.807, 2.05) is 0 Å². The van der Waals surface area contributed by atoms with E-state index in [-0.39, 0.29) is 6.10 Å². The van der Waals surface area contributed by atoms with Gasteiger partial charge in [0.05, 0.1) is 6.10 Å². The molecule has 0 aliphatic heterocycles. The molecular weight excluding hydrogens is 162 g/mol.